The minimum absolute atomic E-state index is 0.0246. The molecule has 0 spiro atoms. The molecule has 6 nitrogen and oxygen atoms in total. The van der Waals surface area contributed by atoms with Crippen molar-refractivity contribution in [2.24, 2.45) is 0 Å². The van der Waals surface area contributed by atoms with E-state index in [9.17, 15) is 14.9 Å². The molecular weight excluding hydrogens is 337 g/mol. The van der Waals surface area contributed by atoms with Crippen molar-refractivity contribution < 1.29 is 9.72 Å². The molecule has 1 N–H and O–H groups in total. The normalized spacial score (nSPS) is 9.82. The van der Waals surface area contributed by atoms with E-state index in [1.165, 1.54) is 11.0 Å². The fraction of sp³-hybridized carbons (Fsp3) is 0.300. The number of likely N-dealkylation sites (N-methyl/N-ethyl adjacent to an activating group) is 1. The Morgan fingerprint density at radius 1 is 1.53 bits per heavy atom. The average Bonchev–Trinajstić information content (AvgIpc) is 2.26. The number of amides is 1. The van der Waals surface area contributed by atoms with E-state index in [4.69, 9.17) is 0 Å². The second kappa shape index (κ2) is 5.80. The fourth-order valence-electron chi connectivity index (χ4n) is 1.13. The molecule has 0 aromatic heterocycles. The maximum absolute atomic E-state index is 11.4. The number of nitrogens with one attached hydrogen (secondary N) is 1. The minimum Gasteiger partial charge on any atom is -0.371 e. The van der Waals surface area contributed by atoms with E-state index in [0.29, 0.717) is 5.69 Å². The molecule has 0 aliphatic rings. The third-order valence-corrected chi connectivity index (χ3v) is 2.76. The van der Waals surface area contributed by atoms with Crippen molar-refractivity contribution in [1.29, 1.82) is 0 Å². The predicted molar refractivity (Wildman–Crippen MR) is 73.0 cm³/mol. The van der Waals surface area contributed by atoms with E-state index in [0.717, 1.165) is 3.57 Å². The molecule has 1 amide bonds. The van der Waals surface area contributed by atoms with Crippen LogP contribution in [-0.4, -0.2) is 36.4 Å². The Kier molecular flexibility index (Phi) is 4.67. The van der Waals surface area contributed by atoms with Crippen molar-refractivity contribution >= 4 is 39.9 Å². The number of hydrogen-bond donors (Lipinski definition) is 1. The van der Waals surface area contributed by atoms with Gasteiger partial charge in [0.2, 0.25) is 5.91 Å². The zero-order valence-electron chi connectivity index (χ0n) is 9.44. The van der Waals surface area contributed by atoms with E-state index in [2.05, 4.69) is 5.32 Å². The van der Waals surface area contributed by atoms with Crippen LogP contribution in [0.4, 0.5) is 11.4 Å². The van der Waals surface area contributed by atoms with Crippen molar-refractivity contribution in [3.8, 4) is 0 Å². The topological polar surface area (TPSA) is 75.5 Å². The van der Waals surface area contributed by atoms with Gasteiger partial charge in [0, 0.05) is 23.7 Å². The SMILES string of the molecule is CN(C)C(=O)CNc1ccc(I)cc1[N+](=O)[O-]. The Balaban J connectivity index is 2.84. The van der Waals surface area contributed by atoms with Crippen molar-refractivity contribution in [1.82, 2.24) is 4.90 Å². The number of hydrogen-bond acceptors (Lipinski definition) is 4. The molecule has 1 rings (SSSR count). The van der Waals surface area contributed by atoms with E-state index in [-0.39, 0.29) is 18.1 Å². The highest BCUT2D eigenvalue weighted by Gasteiger charge is 2.14. The summed E-state index contributed by atoms with van der Waals surface area (Å²) in [5, 5.41) is 13.6. The Labute approximate surface area is 112 Å². The van der Waals surface area contributed by atoms with Gasteiger partial charge in [-0.1, -0.05) is 0 Å². The van der Waals surface area contributed by atoms with Crippen LogP contribution in [0.2, 0.25) is 0 Å². The molecule has 0 bridgehead atoms. The van der Waals surface area contributed by atoms with Gasteiger partial charge in [-0.25, -0.2) is 0 Å². The molecule has 0 saturated heterocycles. The second-order valence-corrected chi connectivity index (χ2v) is 4.81. The Morgan fingerprint density at radius 3 is 2.71 bits per heavy atom. The Morgan fingerprint density at radius 2 is 2.18 bits per heavy atom. The number of carbonyl (C=O) groups is 1. The number of nitro benzene ring substituents is 1. The monoisotopic (exact) mass is 349 g/mol. The summed E-state index contributed by atoms with van der Waals surface area (Å²) in [6.07, 6.45) is 0. The van der Waals surface area contributed by atoms with Crippen LogP contribution >= 0.6 is 22.6 Å². The van der Waals surface area contributed by atoms with Gasteiger partial charge in [0.25, 0.3) is 5.69 Å². The number of nitro groups is 1. The zero-order valence-corrected chi connectivity index (χ0v) is 11.6. The van der Waals surface area contributed by atoms with Crippen LogP contribution in [0.25, 0.3) is 0 Å². The summed E-state index contributed by atoms with van der Waals surface area (Å²) in [5.74, 6) is -0.141. The first-order valence-corrected chi connectivity index (χ1v) is 5.87. The summed E-state index contributed by atoms with van der Waals surface area (Å²) in [7, 11) is 3.26. The Bertz CT molecular complexity index is 448. The molecule has 0 aliphatic carbocycles. The lowest BCUT2D eigenvalue weighted by molar-refractivity contribution is -0.384. The standard InChI is InChI=1S/C10H12IN3O3/c1-13(2)10(15)6-12-8-4-3-7(11)5-9(8)14(16)17/h3-5,12H,6H2,1-2H3. The molecule has 92 valence electrons. The summed E-state index contributed by atoms with van der Waals surface area (Å²) >= 11 is 2.00. The average molecular weight is 349 g/mol. The van der Waals surface area contributed by atoms with Crippen LogP contribution in [0.15, 0.2) is 18.2 Å². The lowest BCUT2D eigenvalue weighted by Crippen LogP contribution is -2.28. The van der Waals surface area contributed by atoms with Crippen LogP contribution in [-0.2, 0) is 4.79 Å². The van der Waals surface area contributed by atoms with E-state index in [1.807, 2.05) is 22.6 Å². The number of nitrogens with zero attached hydrogens (tertiary/aromatic N) is 2. The molecule has 0 fully saturated rings. The van der Waals surface area contributed by atoms with E-state index >= 15 is 0 Å². The first-order valence-electron chi connectivity index (χ1n) is 4.80. The molecule has 0 atom stereocenters. The molecule has 1 aromatic rings. The van der Waals surface area contributed by atoms with Crippen LogP contribution < -0.4 is 5.32 Å². The number of benzene rings is 1. The molecule has 0 saturated carbocycles. The summed E-state index contributed by atoms with van der Waals surface area (Å²) < 4.78 is 0.777. The summed E-state index contributed by atoms with van der Waals surface area (Å²) in [4.78, 5) is 23.1. The molecule has 0 unspecified atom stereocenters. The zero-order chi connectivity index (χ0) is 13.0. The molecule has 17 heavy (non-hydrogen) atoms. The summed E-state index contributed by atoms with van der Waals surface area (Å²) in [6.45, 7) is 0.0361. The Hall–Kier alpha value is -1.38. The first kappa shape index (κ1) is 13.7. The lowest BCUT2D eigenvalue weighted by atomic mass is 10.2. The third kappa shape index (κ3) is 3.84. The highest BCUT2D eigenvalue weighted by atomic mass is 127. The third-order valence-electron chi connectivity index (χ3n) is 2.09. The smallest absolute Gasteiger partial charge is 0.293 e. The largest absolute Gasteiger partial charge is 0.371 e. The van der Waals surface area contributed by atoms with Gasteiger partial charge in [-0.3, -0.25) is 14.9 Å². The second-order valence-electron chi connectivity index (χ2n) is 3.56. The van der Waals surface area contributed by atoms with Crippen molar-refractivity contribution in [2.75, 3.05) is 26.0 Å². The van der Waals surface area contributed by atoms with Crippen molar-refractivity contribution in [3.63, 3.8) is 0 Å². The van der Waals surface area contributed by atoms with Crippen LogP contribution in [0, 0.1) is 13.7 Å². The quantitative estimate of drug-likeness (QED) is 0.510. The maximum atomic E-state index is 11.4. The van der Waals surface area contributed by atoms with Gasteiger partial charge in [-0.2, -0.15) is 0 Å². The number of halogens is 1. The van der Waals surface area contributed by atoms with Gasteiger partial charge in [-0.15, -0.1) is 0 Å². The molecule has 1 aromatic carbocycles. The molecule has 0 radical (unpaired) electrons. The van der Waals surface area contributed by atoms with Crippen LogP contribution in [0.1, 0.15) is 0 Å². The molecule has 7 heteroatoms. The van der Waals surface area contributed by atoms with E-state index < -0.39 is 4.92 Å². The minimum atomic E-state index is -0.468. The summed E-state index contributed by atoms with van der Waals surface area (Å²) in [6, 6.07) is 4.81. The van der Waals surface area contributed by atoms with Gasteiger partial charge in [0.15, 0.2) is 0 Å². The van der Waals surface area contributed by atoms with Gasteiger partial charge in [0.1, 0.15) is 5.69 Å². The molecule has 0 aliphatic heterocycles. The van der Waals surface area contributed by atoms with Gasteiger partial charge >= 0.3 is 0 Å². The lowest BCUT2D eigenvalue weighted by Gasteiger charge is -2.11. The number of anilines is 1. The van der Waals surface area contributed by atoms with Gasteiger partial charge < -0.3 is 10.2 Å². The van der Waals surface area contributed by atoms with E-state index in [1.54, 1.807) is 26.2 Å². The molecular formula is C10H12IN3O3. The van der Waals surface area contributed by atoms with Crippen molar-refractivity contribution in [3.05, 3.63) is 31.9 Å². The first-order chi connectivity index (χ1) is 7.91. The predicted octanol–water partition coefficient (Wildman–Crippen LogP) is 1.70. The van der Waals surface area contributed by atoms with Crippen LogP contribution in [0.3, 0.4) is 0 Å². The highest BCUT2D eigenvalue weighted by molar-refractivity contribution is 14.1. The maximum Gasteiger partial charge on any atom is 0.293 e. The molecule has 0 heterocycles. The summed E-state index contributed by atoms with van der Waals surface area (Å²) in [5.41, 5.74) is 0.328. The number of rotatable bonds is 4. The van der Waals surface area contributed by atoms with Crippen molar-refractivity contribution in [2.45, 2.75) is 0 Å². The van der Waals surface area contributed by atoms with Gasteiger partial charge in [-0.05, 0) is 34.7 Å². The fourth-order valence-corrected chi connectivity index (χ4v) is 1.61. The number of carbonyl (C=O) groups excluding carboxylic acids is 1. The van der Waals surface area contributed by atoms with Crippen LogP contribution in [0.5, 0.6) is 0 Å². The highest BCUT2D eigenvalue weighted by Crippen LogP contribution is 2.25. The van der Waals surface area contributed by atoms with Gasteiger partial charge in [0.05, 0.1) is 11.5 Å².